The Kier molecular flexibility index (Phi) is 3.20. The Morgan fingerprint density at radius 2 is 1.94 bits per heavy atom. The predicted molar refractivity (Wildman–Crippen MR) is 56.1 cm³/mol. The average Bonchev–Trinajstić information content (AvgIpc) is 2.17. The molecule has 16 heavy (non-hydrogen) atoms. The third kappa shape index (κ3) is 2.15. The Hall–Kier alpha value is -1.60. The molecule has 0 saturated heterocycles. The zero-order valence-corrected chi connectivity index (χ0v) is 9.61. The number of nitrogen functional groups attached to an aromatic ring is 1. The molecule has 0 heterocycles. The Balaban J connectivity index is 3.40. The predicted octanol–water partition coefficient (Wildman–Crippen LogP) is -1.12. The van der Waals surface area contributed by atoms with Crippen LogP contribution in [-0.4, -0.2) is 32.8 Å². The van der Waals surface area contributed by atoms with Gasteiger partial charge in [-0.15, -0.1) is 0 Å². The smallest absolute Gasteiger partial charge is 0.242 e. The summed E-state index contributed by atoms with van der Waals surface area (Å²) in [4.78, 5) is 10.5. The van der Waals surface area contributed by atoms with Crippen LogP contribution in [-0.2, 0) is 10.0 Å². The van der Waals surface area contributed by atoms with Gasteiger partial charge in [-0.1, -0.05) is 0 Å². The molecule has 0 amide bonds. The number of carbonyl (C=O) groups excluding carboxylic acids is 1. The van der Waals surface area contributed by atoms with E-state index in [0.717, 1.165) is 10.4 Å². The Labute approximate surface area is 93.3 Å². The number of nitrogens with two attached hydrogens (primary N) is 1. The third-order valence-corrected chi connectivity index (χ3v) is 3.83. The van der Waals surface area contributed by atoms with Crippen LogP contribution in [0, 0.1) is 0 Å². The maximum atomic E-state index is 11.7. The molecule has 1 rings (SSSR count). The number of carboxylic acid groups (broad SMARTS) is 1. The van der Waals surface area contributed by atoms with Crippen molar-refractivity contribution in [3.63, 3.8) is 0 Å². The normalized spacial score (nSPS) is 11.7. The van der Waals surface area contributed by atoms with Crippen molar-refractivity contribution < 1.29 is 18.3 Å². The Morgan fingerprint density at radius 1 is 1.38 bits per heavy atom. The van der Waals surface area contributed by atoms with Gasteiger partial charge in [-0.25, -0.2) is 12.7 Å². The maximum absolute atomic E-state index is 11.7. The second-order valence-electron chi connectivity index (χ2n) is 3.32. The van der Waals surface area contributed by atoms with E-state index in [1.807, 2.05) is 0 Å². The number of sulfonamides is 1. The van der Waals surface area contributed by atoms with Crippen molar-refractivity contribution in [2.75, 3.05) is 19.8 Å². The Bertz CT molecular complexity index is 522. The number of rotatable bonds is 3. The number of aromatic carboxylic acids is 1. The van der Waals surface area contributed by atoms with Crippen molar-refractivity contribution in [2.45, 2.75) is 4.90 Å². The highest BCUT2D eigenvalue weighted by Crippen LogP contribution is 2.19. The van der Waals surface area contributed by atoms with Crippen LogP contribution in [0.3, 0.4) is 0 Å². The molecule has 0 radical (unpaired) electrons. The lowest BCUT2D eigenvalue weighted by molar-refractivity contribution is -0.254. The van der Waals surface area contributed by atoms with E-state index in [2.05, 4.69) is 0 Å². The zero-order chi connectivity index (χ0) is 12.5. The average molecular weight is 243 g/mol. The van der Waals surface area contributed by atoms with Crippen LogP contribution in [0.1, 0.15) is 10.4 Å². The molecule has 0 fully saturated rings. The summed E-state index contributed by atoms with van der Waals surface area (Å²) in [6.07, 6.45) is 0. The summed E-state index contributed by atoms with van der Waals surface area (Å²) in [6.45, 7) is 0. The van der Waals surface area contributed by atoms with E-state index >= 15 is 0 Å². The molecule has 0 aliphatic rings. The number of carboxylic acids is 1. The first-order chi connectivity index (χ1) is 7.26. The van der Waals surface area contributed by atoms with Crippen molar-refractivity contribution in [3.8, 4) is 0 Å². The standard InChI is InChI=1S/C9H12N2O4S/c1-11(2)16(14,15)6-3-4-8(10)7(5-6)9(12)13/h3-5H,10H2,1-2H3,(H,12,13)/p-1. The van der Waals surface area contributed by atoms with E-state index in [1.165, 1.54) is 26.2 Å². The van der Waals surface area contributed by atoms with E-state index in [-0.39, 0.29) is 16.1 Å². The molecule has 0 aliphatic heterocycles. The van der Waals surface area contributed by atoms with E-state index in [4.69, 9.17) is 5.73 Å². The summed E-state index contributed by atoms with van der Waals surface area (Å²) >= 11 is 0. The van der Waals surface area contributed by atoms with Gasteiger partial charge >= 0.3 is 0 Å². The molecule has 1 aromatic rings. The van der Waals surface area contributed by atoms with Gasteiger partial charge in [-0.3, -0.25) is 0 Å². The summed E-state index contributed by atoms with van der Waals surface area (Å²) in [7, 11) is -0.960. The van der Waals surface area contributed by atoms with Gasteiger partial charge < -0.3 is 15.6 Å². The van der Waals surface area contributed by atoms with E-state index in [1.54, 1.807) is 0 Å². The molecule has 0 aromatic heterocycles. The van der Waals surface area contributed by atoms with Crippen LogP contribution in [0.15, 0.2) is 23.1 Å². The summed E-state index contributed by atoms with van der Waals surface area (Å²) in [6, 6.07) is 3.46. The minimum atomic E-state index is -3.66. The molecule has 7 heteroatoms. The van der Waals surface area contributed by atoms with Crippen molar-refractivity contribution in [1.29, 1.82) is 0 Å². The second-order valence-corrected chi connectivity index (χ2v) is 5.48. The zero-order valence-electron chi connectivity index (χ0n) is 8.80. The molecule has 1 aromatic carbocycles. The van der Waals surface area contributed by atoms with Crippen LogP contribution in [0.2, 0.25) is 0 Å². The van der Waals surface area contributed by atoms with E-state index in [0.29, 0.717) is 0 Å². The van der Waals surface area contributed by atoms with Crippen molar-refractivity contribution >= 4 is 21.7 Å². The van der Waals surface area contributed by atoms with Gasteiger partial charge in [0.1, 0.15) is 0 Å². The van der Waals surface area contributed by atoms with Gasteiger partial charge in [-0.2, -0.15) is 0 Å². The maximum Gasteiger partial charge on any atom is 0.242 e. The van der Waals surface area contributed by atoms with E-state index < -0.39 is 16.0 Å². The fourth-order valence-corrected chi connectivity index (χ4v) is 2.01. The number of anilines is 1. The molecule has 0 atom stereocenters. The molecule has 0 bridgehead atoms. The highest BCUT2D eigenvalue weighted by Gasteiger charge is 2.18. The largest absolute Gasteiger partial charge is 0.545 e. The lowest BCUT2D eigenvalue weighted by Crippen LogP contribution is -2.26. The molecular formula is C9H11N2O4S-. The van der Waals surface area contributed by atoms with Crippen LogP contribution in [0.4, 0.5) is 5.69 Å². The minimum absolute atomic E-state index is 0.0299. The number of carbonyl (C=O) groups is 1. The highest BCUT2D eigenvalue weighted by molar-refractivity contribution is 7.89. The first-order valence-corrected chi connectivity index (χ1v) is 5.74. The van der Waals surface area contributed by atoms with Gasteiger partial charge in [0.15, 0.2) is 0 Å². The van der Waals surface area contributed by atoms with Crippen molar-refractivity contribution in [3.05, 3.63) is 23.8 Å². The molecule has 0 spiro atoms. The highest BCUT2D eigenvalue weighted by atomic mass is 32.2. The van der Waals surface area contributed by atoms with Gasteiger partial charge in [-0.05, 0) is 18.2 Å². The lowest BCUT2D eigenvalue weighted by Gasteiger charge is -2.13. The first kappa shape index (κ1) is 12.5. The summed E-state index contributed by atoms with van der Waals surface area (Å²) in [5, 5.41) is 10.7. The number of benzene rings is 1. The number of nitrogens with zero attached hydrogens (tertiary/aromatic N) is 1. The monoisotopic (exact) mass is 243 g/mol. The quantitative estimate of drug-likeness (QED) is 0.677. The number of hydrogen-bond acceptors (Lipinski definition) is 5. The van der Waals surface area contributed by atoms with Crippen LogP contribution < -0.4 is 10.8 Å². The SMILES string of the molecule is CN(C)S(=O)(=O)c1ccc(N)c(C(=O)[O-])c1. The second kappa shape index (κ2) is 4.11. The molecule has 88 valence electrons. The molecule has 0 aliphatic carbocycles. The van der Waals surface area contributed by atoms with Crippen LogP contribution >= 0.6 is 0 Å². The molecule has 0 unspecified atom stereocenters. The summed E-state index contributed by atoms with van der Waals surface area (Å²) < 4.78 is 24.4. The van der Waals surface area contributed by atoms with Gasteiger partial charge in [0.2, 0.25) is 10.0 Å². The van der Waals surface area contributed by atoms with Gasteiger partial charge in [0, 0.05) is 25.3 Å². The van der Waals surface area contributed by atoms with Crippen molar-refractivity contribution in [1.82, 2.24) is 4.31 Å². The molecular weight excluding hydrogens is 232 g/mol. The third-order valence-electron chi connectivity index (χ3n) is 2.02. The van der Waals surface area contributed by atoms with Gasteiger partial charge in [0.25, 0.3) is 0 Å². The lowest BCUT2D eigenvalue weighted by atomic mass is 10.2. The molecule has 0 saturated carbocycles. The summed E-state index contributed by atoms with van der Waals surface area (Å²) in [5.41, 5.74) is 5.02. The fraction of sp³-hybridized carbons (Fsp3) is 0.222. The van der Waals surface area contributed by atoms with E-state index in [9.17, 15) is 18.3 Å². The van der Waals surface area contributed by atoms with Crippen LogP contribution in [0.25, 0.3) is 0 Å². The van der Waals surface area contributed by atoms with Crippen molar-refractivity contribution in [2.24, 2.45) is 0 Å². The van der Waals surface area contributed by atoms with Gasteiger partial charge in [0.05, 0.1) is 10.9 Å². The van der Waals surface area contributed by atoms with Crippen LogP contribution in [0.5, 0.6) is 0 Å². The number of hydrogen-bond donors (Lipinski definition) is 1. The topological polar surface area (TPSA) is 104 Å². The first-order valence-electron chi connectivity index (χ1n) is 4.30. The minimum Gasteiger partial charge on any atom is -0.545 e. The Morgan fingerprint density at radius 3 is 2.38 bits per heavy atom. The molecule has 6 nitrogen and oxygen atoms in total. The molecule has 2 N–H and O–H groups in total. The fourth-order valence-electron chi connectivity index (χ4n) is 1.08. The summed E-state index contributed by atoms with van der Waals surface area (Å²) in [5.74, 6) is -1.51.